The minimum atomic E-state index is -1.26. The predicted octanol–water partition coefficient (Wildman–Crippen LogP) is 3.85. The number of epoxide rings is 1. The number of carbonyl (C=O) groups excluding carboxylic acids is 2. The molecule has 6 heteroatoms. The molecule has 1 aliphatic heterocycles. The third kappa shape index (κ3) is 3.95. The maximum atomic E-state index is 13.1. The average molecular weight is 392 g/mol. The summed E-state index contributed by atoms with van der Waals surface area (Å²) in [5, 5.41) is 9.19. The standard InChI is InChI=1S/C22H32O6/c1-14-6-7-19-22(5,27-19)11-8-17-16(14)12-21(17,4)18(24)9-10-20(3,28-25)13-26-15(2)23/h9-10,16-17,19,25H,1,6-8,11-13H2,2-5H3/b10-9-/t16-,17-,19+,20+,21-,22-/m0/s1. The van der Waals surface area contributed by atoms with E-state index in [2.05, 4.69) is 18.4 Å². The van der Waals surface area contributed by atoms with E-state index in [4.69, 9.17) is 9.47 Å². The summed E-state index contributed by atoms with van der Waals surface area (Å²) in [6.45, 7) is 11.1. The minimum absolute atomic E-state index is 0.00492. The number of rotatable bonds is 6. The number of hydrogen-bond donors (Lipinski definition) is 1. The lowest BCUT2D eigenvalue weighted by Gasteiger charge is -2.53. The molecule has 1 heterocycles. The monoisotopic (exact) mass is 392 g/mol. The van der Waals surface area contributed by atoms with Crippen LogP contribution >= 0.6 is 0 Å². The van der Waals surface area contributed by atoms with Crippen LogP contribution in [-0.4, -0.2) is 40.9 Å². The summed E-state index contributed by atoms with van der Waals surface area (Å²) in [6, 6.07) is 0. The van der Waals surface area contributed by atoms with Crippen molar-refractivity contribution in [2.45, 2.75) is 77.1 Å². The number of ether oxygens (including phenoxy) is 2. The van der Waals surface area contributed by atoms with Crippen molar-refractivity contribution in [1.29, 1.82) is 0 Å². The normalized spacial score (nSPS) is 39.5. The molecule has 2 aliphatic carbocycles. The summed E-state index contributed by atoms with van der Waals surface area (Å²) in [6.07, 6.45) is 7.93. The van der Waals surface area contributed by atoms with Crippen LogP contribution in [0.1, 0.15) is 59.8 Å². The molecule has 0 unspecified atom stereocenters. The summed E-state index contributed by atoms with van der Waals surface area (Å²) in [7, 11) is 0. The fourth-order valence-corrected chi connectivity index (χ4v) is 4.88. The molecule has 0 bridgehead atoms. The molecule has 2 saturated carbocycles. The molecule has 3 rings (SSSR count). The van der Waals surface area contributed by atoms with Crippen LogP contribution in [0.3, 0.4) is 0 Å². The molecule has 0 radical (unpaired) electrons. The maximum absolute atomic E-state index is 13.1. The minimum Gasteiger partial charge on any atom is -0.462 e. The number of hydrogen-bond acceptors (Lipinski definition) is 6. The smallest absolute Gasteiger partial charge is 0.302 e. The van der Waals surface area contributed by atoms with Crippen molar-refractivity contribution < 1.29 is 29.2 Å². The van der Waals surface area contributed by atoms with Crippen LogP contribution in [0.25, 0.3) is 0 Å². The van der Waals surface area contributed by atoms with E-state index in [-0.39, 0.29) is 23.9 Å². The first kappa shape index (κ1) is 21.2. The second kappa shape index (κ2) is 7.39. The SMILES string of the molecule is C=C1CC[C@H]2O[C@@]2(C)CC[C@H]2[C@H]1C[C@]2(C)C(=O)/C=C\[C@](C)(COC(C)=O)OO. The van der Waals surface area contributed by atoms with Crippen LogP contribution < -0.4 is 0 Å². The molecule has 156 valence electrons. The fraction of sp³-hybridized carbons (Fsp3) is 0.727. The van der Waals surface area contributed by atoms with Gasteiger partial charge in [0, 0.05) is 12.3 Å². The van der Waals surface area contributed by atoms with Gasteiger partial charge in [-0.05, 0) is 69.9 Å². The molecule has 0 spiro atoms. The first-order chi connectivity index (χ1) is 13.0. The molecule has 0 amide bonds. The number of fused-ring (bicyclic) bond motifs is 2. The Morgan fingerprint density at radius 2 is 2.11 bits per heavy atom. The van der Waals surface area contributed by atoms with Crippen molar-refractivity contribution >= 4 is 11.8 Å². The van der Waals surface area contributed by atoms with E-state index in [1.54, 1.807) is 6.92 Å². The highest BCUT2D eigenvalue weighted by atomic mass is 17.1. The topological polar surface area (TPSA) is 85.4 Å². The summed E-state index contributed by atoms with van der Waals surface area (Å²) in [5.41, 5.74) is -0.534. The van der Waals surface area contributed by atoms with Gasteiger partial charge in [0.15, 0.2) is 11.4 Å². The predicted molar refractivity (Wildman–Crippen MR) is 103 cm³/mol. The molecule has 3 aliphatic rings. The van der Waals surface area contributed by atoms with Gasteiger partial charge in [-0.3, -0.25) is 14.8 Å². The number of carbonyl (C=O) groups is 2. The van der Waals surface area contributed by atoms with E-state index >= 15 is 0 Å². The molecule has 0 aromatic heterocycles. The Morgan fingerprint density at radius 1 is 1.39 bits per heavy atom. The van der Waals surface area contributed by atoms with Gasteiger partial charge in [-0.1, -0.05) is 19.1 Å². The Morgan fingerprint density at radius 3 is 2.75 bits per heavy atom. The van der Waals surface area contributed by atoms with Gasteiger partial charge < -0.3 is 9.47 Å². The van der Waals surface area contributed by atoms with Crippen LogP contribution in [0.2, 0.25) is 0 Å². The van der Waals surface area contributed by atoms with Crippen LogP contribution in [0, 0.1) is 17.3 Å². The molecule has 0 aromatic rings. The Hall–Kier alpha value is -1.50. The van der Waals surface area contributed by atoms with Gasteiger partial charge in [-0.15, -0.1) is 0 Å². The third-order valence-electron chi connectivity index (χ3n) is 7.11. The van der Waals surface area contributed by atoms with Crippen LogP contribution in [0.4, 0.5) is 0 Å². The summed E-state index contributed by atoms with van der Waals surface area (Å²) < 4.78 is 10.8. The van der Waals surface area contributed by atoms with Gasteiger partial charge >= 0.3 is 5.97 Å². The van der Waals surface area contributed by atoms with Gasteiger partial charge in [0.05, 0.1) is 11.7 Å². The van der Waals surface area contributed by atoms with E-state index in [1.807, 2.05) is 6.92 Å². The second-order valence-electron chi connectivity index (χ2n) is 9.37. The molecule has 1 N–H and O–H groups in total. The van der Waals surface area contributed by atoms with Crippen LogP contribution in [0.15, 0.2) is 24.3 Å². The first-order valence-corrected chi connectivity index (χ1v) is 10.1. The van der Waals surface area contributed by atoms with E-state index in [0.29, 0.717) is 12.0 Å². The summed E-state index contributed by atoms with van der Waals surface area (Å²) in [5.74, 6) is 0.150. The molecule has 6 nitrogen and oxygen atoms in total. The van der Waals surface area contributed by atoms with Gasteiger partial charge in [-0.25, -0.2) is 4.89 Å². The van der Waals surface area contributed by atoms with E-state index in [1.165, 1.54) is 24.6 Å². The second-order valence-corrected chi connectivity index (χ2v) is 9.37. The van der Waals surface area contributed by atoms with Crippen molar-refractivity contribution in [3.63, 3.8) is 0 Å². The quantitative estimate of drug-likeness (QED) is 0.185. The van der Waals surface area contributed by atoms with Crippen LogP contribution in [0.5, 0.6) is 0 Å². The lowest BCUT2D eigenvalue weighted by molar-refractivity contribution is -0.309. The fourth-order valence-electron chi connectivity index (χ4n) is 4.88. The Labute approximate surface area is 166 Å². The zero-order valence-corrected chi connectivity index (χ0v) is 17.3. The van der Waals surface area contributed by atoms with Gasteiger partial charge in [0.25, 0.3) is 0 Å². The zero-order chi connectivity index (χ0) is 20.7. The van der Waals surface area contributed by atoms with Gasteiger partial charge in [0.2, 0.25) is 0 Å². The van der Waals surface area contributed by atoms with Crippen molar-refractivity contribution in [2.24, 2.45) is 17.3 Å². The maximum Gasteiger partial charge on any atom is 0.302 e. The number of esters is 1. The zero-order valence-electron chi connectivity index (χ0n) is 17.3. The molecule has 0 aromatic carbocycles. The van der Waals surface area contributed by atoms with Gasteiger partial charge in [0.1, 0.15) is 6.61 Å². The van der Waals surface area contributed by atoms with E-state index < -0.39 is 17.0 Å². The largest absolute Gasteiger partial charge is 0.462 e. The average Bonchev–Trinajstić information content (AvgIpc) is 3.29. The Kier molecular flexibility index (Phi) is 5.60. The van der Waals surface area contributed by atoms with Gasteiger partial charge in [-0.2, -0.15) is 0 Å². The van der Waals surface area contributed by atoms with Crippen molar-refractivity contribution in [2.75, 3.05) is 6.61 Å². The Bertz CT molecular complexity index is 699. The van der Waals surface area contributed by atoms with Crippen LogP contribution in [-0.2, 0) is 24.0 Å². The molecule has 6 atom stereocenters. The lowest BCUT2D eigenvalue weighted by Crippen LogP contribution is -2.51. The van der Waals surface area contributed by atoms with E-state index in [9.17, 15) is 14.8 Å². The molecular weight excluding hydrogens is 360 g/mol. The van der Waals surface area contributed by atoms with E-state index in [0.717, 1.165) is 32.1 Å². The molecule has 1 saturated heterocycles. The molecular formula is C22H32O6. The van der Waals surface area contributed by atoms with Crippen molar-refractivity contribution in [1.82, 2.24) is 0 Å². The number of ketones is 1. The van der Waals surface area contributed by atoms with Crippen molar-refractivity contribution in [3.8, 4) is 0 Å². The summed E-state index contributed by atoms with van der Waals surface area (Å²) >= 11 is 0. The highest BCUT2D eigenvalue weighted by Crippen LogP contribution is 2.60. The highest BCUT2D eigenvalue weighted by molar-refractivity contribution is 5.96. The number of allylic oxidation sites excluding steroid dienone is 2. The lowest BCUT2D eigenvalue weighted by atomic mass is 9.49. The first-order valence-electron chi connectivity index (χ1n) is 10.1. The molecule has 28 heavy (non-hydrogen) atoms. The third-order valence-corrected chi connectivity index (χ3v) is 7.11. The van der Waals surface area contributed by atoms with Crippen molar-refractivity contribution in [3.05, 3.63) is 24.3 Å². The molecule has 3 fully saturated rings. The summed E-state index contributed by atoms with van der Waals surface area (Å²) in [4.78, 5) is 28.6. The highest BCUT2D eigenvalue weighted by Gasteiger charge is 2.58. The Balaban J connectivity index is 1.70.